The lowest BCUT2D eigenvalue weighted by Crippen LogP contribution is -2.43. The zero-order chi connectivity index (χ0) is 13.4. The van der Waals surface area contributed by atoms with Gasteiger partial charge in [-0.05, 0) is 56.8 Å². The summed E-state index contributed by atoms with van der Waals surface area (Å²) in [6, 6.07) is 0.387. The van der Waals surface area contributed by atoms with E-state index in [9.17, 15) is 9.59 Å². The second-order valence-corrected chi connectivity index (χ2v) is 6.61. The molecule has 0 aliphatic heterocycles. The molecule has 1 amide bonds. The van der Waals surface area contributed by atoms with Gasteiger partial charge < -0.3 is 10.4 Å². The summed E-state index contributed by atoms with van der Waals surface area (Å²) < 4.78 is 0. The van der Waals surface area contributed by atoms with Gasteiger partial charge in [-0.3, -0.25) is 9.59 Å². The molecular formula is C15H23NO3. The molecule has 3 aliphatic rings. The number of amides is 1. The SMILES string of the molecule is O=C(O)C1CCCC(C(=O)NC(C2CC2)C2CC2)C1. The zero-order valence-corrected chi connectivity index (χ0v) is 11.3. The van der Waals surface area contributed by atoms with Crippen LogP contribution in [0.1, 0.15) is 51.4 Å². The molecule has 4 nitrogen and oxygen atoms in total. The molecule has 3 rings (SSSR count). The van der Waals surface area contributed by atoms with Gasteiger partial charge in [-0.2, -0.15) is 0 Å². The van der Waals surface area contributed by atoms with Crippen molar-refractivity contribution in [3.8, 4) is 0 Å². The third-order valence-electron chi connectivity index (χ3n) is 4.96. The lowest BCUT2D eigenvalue weighted by atomic mass is 9.81. The van der Waals surface area contributed by atoms with Crippen LogP contribution in [-0.2, 0) is 9.59 Å². The van der Waals surface area contributed by atoms with E-state index in [2.05, 4.69) is 5.32 Å². The highest BCUT2D eigenvalue weighted by Gasteiger charge is 2.43. The molecule has 3 fully saturated rings. The molecule has 0 heterocycles. The van der Waals surface area contributed by atoms with Crippen molar-refractivity contribution in [1.29, 1.82) is 0 Å². The minimum Gasteiger partial charge on any atom is -0.481 e. The molecule has 106 valence electrons. The van der Waals surface area contributed by atoms with Gasteiger partial charge in [0.05, 0.1) is 5.92 Å². The molecule has 0 bridgehead atoms. The average Bonchev–Trinajstić information content (AvgIpc) is 3.29. The van der Waals surface area contributed by atoms with E-state index in [0.29, 0.717) is 24.3 Å². The van der Waals surface area contributed by atoms with Crippen LogP contribution in [0.5, 0.6) is 0 Å². The first-order valence-corrected chi connectivity index (χ1v) is 7.68. The predicted octanol–water partition coefficient (Wildman–Crippen LogP) is 2.18. The maximum Gasteiger partial charge on any atom is 0.306 e. The summed E-state index contributed by atoms with van der Waals surface area (Å²) in [7, 11) is 0. The Kier molecular flexibility index (Phi) is 3.50. The van der Waals surface area contributed by atoms with Crippen molar-refractivity contribution in [3.63, 3.8) is 0 Å². The molecule has 0 aromatic rings. The van der Waals surface area contributed by atoms with E-state index in [1.54, 1.807) is 0 Å². The highest BCUT2D eigenvalue weighted by Crippen LogP contribution is 2.44. The number of carboxylic acid groups (broad SMARTS) is 1. The molecule has 2 unspecified atom stereocenters. The summed E-state index contributed by atoms with van der Waals surface area (Å²) in [6.07, 6.45) is 8.00. The largest absolute Gasteiger partial charge is 0.481 e. The van der Waals surface area contributed by atoms with E-state index < -0.39 is 5.97 Å². The molecule has 2 N–H and O–H groups in total. The van der Waals surface area contributed by atoms with Crippen molar-refractivity contribution >= 4 is 11.9 Å². The van der Waals surface area contributed by atoms with Gasteiger partial charge in [-0.1, -0.05) is 6.42 Å². The molecule has 3 saturated carbocycles. The third kappa shape index (κ3) is 3.10. The predicted molar refractivity (Wildman–Crippen MR) is 70.5 cm³/mol. The maximum absolute atomic E-state index is 12.3. The van der Waals surface area contributed by atoms with Crippen molar-refractivity contribution < 1.29 is 14.7 Å². The second-order valence-electron chi connectivity index (χ2n) is 6.61. The number of nitrogens with one attached hydrogen (secondary N) is 1. The van der Waals surface area contributed by atoms with Crippen LogP contribution in [0.3, 0.4) is 0 Å². The smallest absolute Gasteiger partial charge is 0.306 e. The molecule has 2 atom stereocenters. The first-order chi connectivity index (χ1) is 9.15. The highest BCUT2D eigenvalue weighted by atomic mass is 16.4. The Hall–Kier alpha value is -1.06. The highest BCUT2D eigenvalue weighted by molar-refractivity contribution is 5.80. The normalized spacial score (nSPS) is 31.2. The van der Waals surface area contributed by atoms with Gasteiger partial charge >= 0.3 is 5.97 Å². The van der Waals surface area contributed by atoms with Crippen LogP contribution in [0.2, 0.25) is 0 Å². The maximum atomic E-state index is 12.3. The Morgan fingerprint density at radius 2 is 1.53 bits per heavy atom. The van der Waals surface area contributed by atoms with Gasteiger partial charge in [0.2, 0.25) is 5.91 Å². The van der Waals surface area contributed by atoms with Crippen LogP contribution in [-0.4, -0.2) is 23.0 Å². The van der Waals surface area contributed by atoms with Crippen LogP contribution in [0.15, 0.2) is 0 Å². The van der Waals surface area contributed by atoms with Crippen molar-refractivity contribution in [3.05, 3.63) is 0 Å². The van der Waals surface area contributed by atoms with Crippen molar-refractivity contribution in [1.82, 2.24) is 5.32 Å². The molecule has 0 radical (unpaired) electrons. The lowest BCUT2D eigenvalue weighted by Gasteiger charge is -2.28. The second kappa shape index (κ2) is 5.14. The van der Waals surface area contributed by atoms with Gasteiger partial charge in [-0.15, -0.1) is 0 Å². The Morgan fingerprint density at radius 1 is 0.947 bits per heavy atom. The lowest BCUT2D eigenvalue weighted by molar-refractivity contribution is -0.144. The third-order valence-corrected chi connectivity index (χ3v) is 4.96. The van der Waals surface area contributed by atoms with E-state index >= 15 is 0 Å². The fourth-order valence-corrected chi connectivity index (χ4v) is 3.47. The van der Waals surface area contributed by atoms with Crippen molar-refractivity contribution in [2.75, 3.05) is 0 Å². The number of carboxylic acids is 1. The molecule has 0 saturated heterocycles. The first kappa shape index (κ1) is 12.9. The summed E-state index contributed by atoms with van der Waals surface area (Å²) in [4.78, 5) is 23.4. The van der Waals surface area contributed by atoms with E-state index in [4.69, 9.17) is 5.11 Å². The number of hydrogen-bond donors (Lipinski definition) is 2. The van der Waals surface area contributed by atoms with E-state index in [0.717, 1.165) is 19.3 Å². The number of aliphatic carboxylic acids is 1. The van der Waals surface area contributed by atoms with Gasteiger partial charge in [-0.25, -0.2) is 0 Å². The minimum absolute atomic E-state index is 0.0742. The van der Waals surface area contributed by atoms with E-state index in [1.807, 2.05) is 0 Å². The van der Waals surface area contributed by atoms with Crippen LogP contribution in [0, 0.1) is 23.7 Å². The fraction of sp³-hybridized carbons (Fsp3) is 0.867. The average molecular weight is 265 g/mol. The number of carbonyl (C=O) groups excluding carboxylic acids is 1. The van der Waals surface area contributed by atoms with Crippen LogP contribution >= 0.6 is 0 Å². The summed E-state index contributed by atoms with van der Waals surface area (Å²) >= 11 is 0. The van der Waals surface area contributed by atoms with Gasteiger partial charge in [0, 0.05) is 12.0 Å². The van der Waals surface area contributed by atoms with Gasteiger partial charge in [0.1, 0.15) is 0 Å². The molecular weight excluding hydrogens is 242 g/mol. The minimum atomic E-state index is -0.738. The zero-order valence-electron chi connectivity index (χ0n) is 11.3. The molecule has 0 aromatic carbocycles. The fourth-order valence-electron chi connectivity index (χ4n) is 3.47. The quantitative estimate of drug-likeness (QED) is 0.800. The Balaban J connectivity index is 1.55. The Bertz CT molecular complexity index is 362. The summed E-state index contributed by atoms with van der Waals surface area (Å²) in [6.45, 7) is 0. The molecule has 0 spiro atoms. The monoisotopic (exact) mass is 265 g/mol. The molecule has 3 aliphatic carbocycles. The van der Waals surface area contributed by atoms with Gasteiger partial charge in [0.25, 0.3) is 0 Å². The van der Waals surface area contributed by atoms with Gasteiger partial charge in [0.15, 0.2) is 0 Å². The summed E-state index contributed by atoms with van der Waals surface area (Å²) in [5.74, 6) is 0.401. The number of carbonyl (C=O) groups is 2. The summed E-state index contributed by atoms with van der Waals surface area (Å²) in [5, 5.41) is 12.3. The molecule has 4 heteroatoms. The Labute approximate surface area is 113 Å². The number of hydrogen-bond acceptors (Lipinski definition) is 2. The topological polar surface area (TPSA) is 66.4 Å². The van der Waals surface area contributed by atoms with Crippen LogP contribution < -0.4 is 5.32 Å². The van der Waals surface area contributed by atoms with E-state index in [1.165, 1.54) is 25.7 Å². The first-order valence-electron chi connectivity index (χ1n) is 7.68. The standard InChI is InChI=1S/C15H23NO3/c17-14(11-2-1-3-12(8-11)15(18)19)16-13(9-4-5-9)10-6-7-10/h9-13H,1-8H2,(H,16,17)(H,18,19). The Morgan fingerprint density at radius 3 is 2.05 bits per heavy atom. The van der Waals surface area contributed by atoms with Crippen molar-refractivity contribution in [2.24, 2.45) is 23.7 Å². The van der Waals surface area contributed by atoms with E-state index in [-0.39, 0.29) is 17.7 Å². The van der Waals surface area contributed by atoms with Crippen molar-refractivity contribution in [2.45, 2.75) is 57.4 Å². The van der Waals surface area contributed by atoms with Crippen LogP contribution in [0.4, 0.5) is 0 Å². The molecule has 19 heavy (non-hydrogen) atoms. The summed E-state index contributed by atoms with van der Waals surface area (Å²) in [5.41, 5.74) is 0. The molecule has 0 aromatic heterocycles. The van der Waals surface area contributed by atoms with Crippen LogP contribution in [0.25, 0.3) is 0 Å². The number of rotatable bonds is 5.